The number of nitrogens with two attached hydrogens (primary N) is 1. The molecule has 0 saturated carbocycles. The molecule has 9 nitrogen and oxygen atoms in total. The molecule has 5 rings (SSSR count). The number of hydrogen-bond donors (Lipinski definition) is 2. The second-order valence-electron chi connectivity index (χ2n) is 10.6. The minimum absolute atomic E-state index is 0.0144. The number of ether oxygens (including phenoxy) is 3. The van der Waals surface area contributed by atoms with E-state index in [1.807, 2.05) is 84.9 Å². The zero-order valence-electron chi connectivity index (χ0n) is 24.1. The van der Waals surface area contributed by atoms with Gasteiger partial charge in [-0.25, -0.2) is 0 Å². The van der Waals surface area contributed by atoms with Gasteiger partial charge in [-0.1, -0.05) is 72.8 Å². The number of aliphatic hydroxyl groups is 1. The molecule has 0 heterocycles. The van der Waals surface area contributed by atoms with Gasteiger partial charge in [-0.05, 0) is 54.2 Å². The van der Waals surface area contributed by atoms with Gasteiger partial charge in [-0.15, -0.1) is 0 Å². The minimum atomic E-state index is -0.864. The predicted molar refractivity (Wildman–Crippen MR) is 165 cm³/mol. The van der Waals surface area contributed by atoms with Gasteiger partial charge in [0.1, 0.15) is 31.7 Å². The van der Waals surface area contributed by atoms with Crippen molar-refractivity contribution in [3.05, 3.63) is 123 Å². The molecule has 1 aliphatic rings. The van der Waals surface area contributed by atoms with Crippen LogP contribution in [0.25, 0.3) is 0 Å². The zero-order chi connectivity index (χ0) is 30.0. The Labute approximate surface area is 251 Å². The van der Waals surface area contributed by atoms with Crippen LogP contribution in [-0.2, 0) is 26.0 Å². The largest absolute Gasteiger partial charge is 0.488 e. The molecule has 0 aliphatic heterocycles. The molecule has 43 heavy (non-hydrogen) atoms. The number of rotatable bonds is 15. The van der Waals surface area contributed by atoms with Crippen molar-refractivity contribution in [3.63, 3.8) is 0 Å². The summed E-state index contributed by atoms with van der Waals surface area (Å²) in [6.07, 6.45) is 1.37. The Kier molecular flexibility index (Phi) is 10.1. The van der Waals surface area contributed by atoms with Crippen molar-refractivity contribution in [1.29, 1.82) is 0 Å². The van der Waals surface area contributed by atoms with Gasteiger partial charge in [-0.3, -0.25) is 15.0 Å². The molecule has 4 aromatic rings. The number of aryl methyl sites for hydroxylation is 1. The number of nitrogen functional groups attached to an aromatic ring is 1. The molecule has 0 amide bonds. The van der Waals surface area contributed by atoms with Crippen LogP contribution >= 0.6 is 0 Å². The molecule has 0 saturated heterocycles. The summed E-state index contributed by atoms with van der Waals surface area (Å²) in [6, 6.07) is 29.3. The van der Waals surface area contributed by atoms with E-state index in [4.69, 9.17) is 19.9 Å². The van der Waals surface area contributed by atoms with Gasteiger partial charge in [0.25, 0.3) is 5.69 Å². The molecule has 224 valence electrons. The third-order valence-electron chi connectivity index (χ3n) is 7.46. The smallest absolute Gasteiger partial charge is 0.299 e. The fourth-order valence-corrected chi connectivity index (χ4v) is 5.36. The second-order valence-corrected chi connectivity index (χ2v) is 10.6. The molecule has 0 fully saturated rings. The number of nitro benzene ring substituents is 1. The Bertz CT molecular complexity index is 1500. The summed E-state index contributed by atoms with van der Waals surface area (Å²) in [5, 5.41) is 22.7. The van der Waals surface area contributed by atoms with Crippen LogP contribution in [0.15, 0.2) is 91.0 Å². The number of nitrogens with zero attached hydrogens (tertiary/aromatic N) is 2. The van der Waals surface area contributed by atoms with Crippen molar-refractivity contribution in [1.82, 2.24) is 4.90 Å². The molecule has 0 bridgehead atoms. The van der Waals surface area contributed by atoms with Crippen molar-refractivity contribution in [2.45, 2.75) is 38.5 Å². The summed E-state index contributed by atoms with van der Waals surface area (Å²) >= 11 is 0. The molecule has 1 aliphatic carbocycles. The Morgan fingerprint density at radius 2 is 1.51 bits per heavy atom. The monoisotopic (exact) mass is 583 g/mol. The minimum Gasteiger partial charge on any atom is -0.488 e. The maximum absolute atomic E-state index is 11.7. The highest BCUT2D eigenvalue weighted by Gasteiger charge is 2.28. The highest BCUT2D eigenvalue weighted by molar-refractivity contribution is 5.73. The van der Waals surface area contributed by atoms with E-state index in [2.05, 4.69) is 4.90 Å². The van der Waals surface area contributed by atoms with Crippen LogP contribution in [0.3, 0.4) is 0 Å². The normalized spacial score (nSPS) is 13.0. The first-order chi connectivity index (χ1) is 21.0. The van der Waals surface area contributed by atoms with Gasteiger partial charge in [-0.2, -0.15) is 0 Å². The summed E-state index contributed by atoms with van der Waals surface area (Å²) < 4.78 is 18.0. The highest BCUT2D eigenvalue weighted by Crippen LogP contribution is 2.41. The van der Waals surface area contributed by atoms with Crippen molar-refractivity contribution >= 4 is 11.4 Å². The standard InChI is InChI=1S/C34H37N3O6/c35-33-32(20-27-14-9-15-29(27)34(33)37(39)40)43-24-28(38)22-36(21-25-10-3-1-4-11-25)18-19-41-30-16-7-8-17-31(30)42-23-26-12-5-2-6-13-26/h1-8,10-13,16-17,20,28,38H,9,14-15,18-19,21-24,35H2. The Balaban J connectivity index is 1.20. The molecule has 1 atom stereocenters. The number of para-hydroxylation sites is 2. The molecule has 3 N–H and O–H groups in total. The summed E-state index contributed by atoms with van der Waals surface area (Å²) in [4.78, 5) is 13.4. The molecular weight excluding hydrogens is 546 g/mol. The molecule has 4 aromatic carbocycles. The first-order valence-electron chi connectivity index (χ1n) is 14.5. The zero-order valence-corrected chi connectivity index (χ0v) is 24.1. The summed E-state index contributed by atoms with van der Waals surface area (Å²) in [7, 11) is 0. The maximum atomic E-state index is 11.7. The quantitative estimate of drug-likeness (QED) is 0.106. The number of benzene rings is 4. The van der Waals surface area contributed by atoms with E-state index >= 15 is 0 Å². The highest BCUT2D eigenvalue weighted by atomic mass is 16.6. The third-order valence-corrected chi connectivity index (χ3v) is 7.46. The van der Waals surface area contributed by atoms with Gasteiger partial charge >= 0.3 is 0 Å². The van der Waals surface area contributed by atoms with Gasteiger partial charge in [0.15, 0.2) is 17.2 Å². The lowest BCUT2D eigenvalue weighted by Crippen LogP contribution is -2.37. The van der Waals surface area contributed by atoms with Crippen molar-refractivity contribution < 1.29 is 24.2 Å². The van der Waals surface area contributed by atoms with Crippen molar-refractivity contribution in [3.8, 4) is 17.2 Å². The van der Waals surface area contributed by atoms with Crippen LogP contribution < -0.4 is 19.9 Å². The average Bonchev–Trinajstić information content (AvgIpc) is 3.48. The van der Waals surface area contributed by atoms with Gasteiger partial charge in [0, 0.05) is 25.2 Å². The Hall–Kier alpha value is -4.60. The fourth-order valence-electron chi connectivity index (χ4n) is 5.36. The first kappa shape index (κ1) is 29.9. The van der Waals surface area contributed by atoms with Gasteiger partial charge < -0.3 is 25.1 Å². The summed E-state index contributed by atoms with van der Waals surface area (Å²) in [6.45, 7) is 2.19. The van der Waals surface area contributed by atoms with Crippen LogP contribution in [0.1, 0.15) is 28.7 Å². The number of aliphatic hydroxyl groups excluding tert-OH is 1. The maximum Gasteiger partial charge on any atom is 0.299 e. The average molecular weight is 584 g/mol. The fraction of sp³-hybridized carbons (Fsp3) is 0.294. The predicted octanol–water partition coefficient (Wildman–Crippen LogP) is 5.57. The molecule has 0 spiro atoms. The van der Waals surface area contributed by atoms with Gasteiger partial charge in [0.2, 0.25) is 0 Å². The van der Waals surface area contributed by atoms with Crippen LogP contribution in [0.5, 0.6) is 17.2 Å². The molecule has 0 aromatic heterocycles. The van der Waals surface area contributed by atoms with E-state index in [9.17, 15) is 15.2 Å². The van der Waals surface area contributed by atoms with Crippen LogP contribution in [0.2, 0.25) is 0 Å². The second kappa shape index (κ2) is 14.5. The lowest BCUT2D eigenvalue weighted by molar-refractivity contribution is -0.384. The molecular formula is C34H37N3O6. The summed E-state index contributed by atoms with van der Waals surface area (Å²) in [5.74, 6) is 1.56. The molecule has 1 unspecified atom stereocenters. The topological polar surface area (TPSA) is 120 Å². The number of fused-ring (bicyclic) bond motifs is 1. The Morgan fingerprint density at radius 3 is 2.21 bits per heavy atom. The number of nitro groups is 1. The lowest BCUT2D eigenvalue weighted by Gasteiger charge is -2.26. The Morgan fingerprint density at radius 1 is 0.860 bits per heavy atom. The van der Waals surface area contributed by atoms with Crippen LogP contribution in [-0.4, -0.2) is 47.3 Å². The van der Waals surface area contributed by atoms with E-state index in [1.54, 1.807) is 6.07 Å². The molecule has 9 heteroatoms. The van der Waals surface area contributed by atoms with Crippen molar-refractivity contribution in [2.75, 3.05) is 32.0 Å². The van der Waals surface area contributed by atoms with Crippen molar-refractivity contribution in [2.24, 2.45) is 0 Å². The van der Waals surface area contributed by atoms with E-state index in [-0.39, 0.29) is 23.7 Å². The lowest BCUT2D eigenvalue weighted by atomic mass is 10.1. The molecule has 0 radical (unpaired) electrons. The van der Waals surface area contributed by atoms with E-state index in [0.29, 0.717) is 56.3 Å². The van der Waals surface area contributed by atoms with E-state index in [1.165, 1.54) is 0 Å². The van der Waals surface area contributed by atoms with Crippen LogP contribution in [0, 0.1) is 10.1 Å². The first-order valence-corrected chi connectivity index (χ1v) is 14.5. The summed E-state index contributed by atoms with van der Waals surface area (Å²) in [5.41, 5.74) is 9.84. The number of anilines is 1. The van der Waals surface area contributed by atoms with Crippen LogP contribution in [0.4, 0.5) is 11.4 Å². The SMILES string of the molecule is Nc1c(OCC(O)CN(CCOc2ccccc2OCc2ccccc2)Cc2ccccc2)cc2c(c1[N+](=O)[O-])CCC2. The number of hydrogen-bond acceptors (Lipinski definition) is 8. The van der Waals surface area contributed by atoms with Gasteiger partial charge in [0.05, 0.1) is 4.92 Å². The van der Waals surface area contributed by atoms with E-state index < -0.39 is 11.0 Å². The third kappa shape index (κ3) is 8.03. The van der Waals surface area contributed by atoms with E-state index in [0.717, 1.165) is 29.5 Å².